The number of unbranched alkanes of at least 4 members (excludes halogenated alkanes) is 2. The van der Waals surface area contributed by atoms with Crippen molar-refractivity contribution in [1.82, 2.24) is 4.57 Å². The average Bonchev–Trinajstić information content (AvgIpc) is 2.48. The first-order chi connectivity index (χ1) is 6.29. The number of hydrogen-bond acceptors (Lipinski definition) is 1. The van der Waals surface area contributed by atoms with Gasteiger partial charge in [0.1, 0.15) is 0 Å². The molecule has 0 aliphatic rings. The Kier molecular flexibility index (Phi) is 3.74. The largest absolute Gasteiger partial charge is 0.346 e. The number of aryl methyl sites for hydroxylation is 1. The second-order valence-corrected chi connectivity index (χ2v) is 3.38. The zero-order valence-corrected chi connectivity index (χ0v) is 8.42. The summed E-state index contributed by atoms with van der Waals surface area (Å²) in [6, 6.07) is 3.92. The lowest BCUT2D eigenvalue weighted by atomic mass is 10.1. The highest BCUT2D eigenvalue weighted by atomic mass is 16.1. The van der Waals surface area contributed by atoms with Gasteiger partial charge in [-0.2, -0.15) is 0 Å². The van der Waals surface area contributed by atoms with Crippen molar-refractivity contribution in [2.24, 2.45) is 7.05 Å². The van der Waals surface area contributed by atoms with Crippen molar-refractivity contribution in [3.8, 4) is 0 Å². The highest BCUT2D eigenvalue weighted by molar-refractivity contribution is 5.72. The molecule has 0 aromatic carbocycles. The summed E-state index contributed by atoms with van der Waals surface area (Å²) in [5.74, 6) is 0. The number of aromatic nitrogens is 1. The second kappa shape index (κ2) is 4.85. The van der Waals surface area contributed by atoms with E-state index in [4.69, 9.17) is 0 Å². The molecule has 2 nitrogen and oxygen atoms in total. The number of carbonyl (C=O) groups is 1. The van der Waals surface area contributed by atoms with Crippen molar-refractivity contribution in [2.75, 3.05) is 0 Å². The second-order valence-electron chi connectivity index (χ2n) is 3.38. The van der Waals surface area contributed by atoms with E-state index in [9.17, 15) is 4.79 Å². The summed E-state index contributed by atoms with van der Waals surface area (Å²) in [6.07, 6.45) is 5.71. The molecule has 0 bridgehead atoms. The van der Waals surface area contributed by atoms with Gasteiger partial charge in [-0.3, -0.25) is 4.79 Å². The zero-order chi connectivity index (χ0) is 9.68. The monoisotopic (exact) mass is 179 g/mol. The Morgan fingerprint density at radius 1 is 1.38 bits per heavy atom. The van der Waals surface area contributed by atoms with Gasteiger partial charge in [-0.05, 0) is 25.0 Å². The Morgan fingerprint density at radius 3 is 2.69 bits per heavy atom. The Hall–Kier alpha value is -1.05. The Balaban J connectivity index is 2.56. The fraction of sp³-hybridized carbons (Fsp3) is 0.545. The summed E-state index contributed by atoms with van der Waals surface area (Å²) in [4.78, 5) is 10.5. The van der Waals surface area contributed by atoms with Gasteiger partial charge in [-0.1, -0.05) is 19.8 Å². The first-order valence-corrected chi connectivity index (χ1v) is 4.89. The van der Waals surface area contributed by atoms with Crippen LogP contribution in [-0.4, -0.2) is 10.9 Å². The average molecular weight is 179 g/mol. The van der Waals surface area contributed by atoms with Crippen LogP contribution in [0.1, 0.15) is 42.4 Å². The molecular weight excluding hydrogens is 162 g/mol. The van der Waals surface area contributed by atoms with Crippen molar-refractivity contribution in [3.05, 3.63) is 23.5 Å². The van der Waals surface area contributed by atoms with Crippen LogP contribution < -0.4 is 0 Å². The molecule has 1 aromatic heterocycles. The van der Waals surface area contributed by atoms with Crippen molar-refractivity contribution in [2.45, 2.75) is 32.6 Å². The van der Waals surface area contributed by atoms with Crippen LogP contribution in [0.3, 0.4) is 0 Å². The molecule has 2 heteroatoms. The maximum absolute atomic E-state index is 10.5. The summed E-state index contributed by atoms with van der Waals surface area (Å²) in [5, 5.41) is 0. The highest BCUT2D eigenvalue weighted by Gasteiger charge is 2.02. The van der Waals surface area contributed by atoms with Gasteiger partial charge in [0.2, 0.25) is 0 Å². The number of hydrogen-bond donors (Lipinski definition) is 0. The van der Waals surface area contributed by atoms with Gasteiger partial charge >= 0.3 is 0 Å². The summed E-state index contributed by atoms with van der Waals surface area (Å²) in [6.45, 7) is 2.20. The quantitative estimate of drug-likeness (QED) is 0.503. The Labute approximate surface area is 79.6 Å². The van der Waals surface area contributed by atoms with Crippen molar-refractivity contribution in [3.63, 3.8) is 0 Å². The van der Waals surface area contributed by atoms with Crippen molar-refractivity contribution < 1.29 is 4.79 Å². The third-order valence-electron chi connectivity index (χ3n) is 2.42. The van der Waals surface area contributed by atoms with Gasteiger partial charge in [-0.25, -0.2) is 0 Å². The van der Waals surface area contributed by atoms with Crippen molar-refractivity contribution in [1.29, 1.82) is 0 Å². The molecule has 0 amide bonds. The zero-order valence-electron chi connectivity index (χ0n) is 8.42. The first-order valence-electron chi connectivity index (χ1n) is 4.89. The van der Waals surface area contributed by atoms with Crippen LogP contribution in [0.2, 0.25) is 0 Å². The highest BCUT2D eigenvalue weighted by Crippen LogP contribution is 2.09. The van der Waals surface area contributed by atoms with E-state index in [1.807, 2.05) is 23.7 Å². The maximum atomic E-state index is 10.5. The minimum atomic E-state index is 0.770. The molecule has 13 heavy (non-hydrogen) atoms. The molecule has 0 saturated heterocycles. The van der Waals surface area contributed by atoms with Gasteiger partial charge < -0.3 is 4.57 Å². The number of rotatable bonds is 5. The normalized spacial score (nSPS) is 10.3. The molecule has 1 aromatic rings. The molecule has 0 atom stereocenters. The summed E-state index contributed by atoms with van der Waals surface area (Å²) in [5.41, 5.74) is 2.03. The minimum absolute atomic E-state index is 0.770. The van der Waals surface area contributed by atoms with Crippen LogP contribution >= 0.6 is 0 Å². The first kappa shape index (κ1) is 10.0. The van der Waals surface area contributed by atoms with E-state index in [2.05, 4.69) is 6.92 Å². The molecule has 0 saturated carbocycles. The van der Waals surface area contributed by atoms with E-state index in [0.29, 0.717) is 0 Å². The van der Waals surface area contributed by atoms with Crippen LogP contribution in [0.15, 0.2) is 12.1 Å². The SMILES string of the molecule is CCCCCc1ccc(C=O)n1C. The molecule has 0 N–H and O–H groups in total. The fourth-order valence-electron chi connectivity index (χ4n) is 1.50. The molecule has 0 spiro atoms. The third-order valence-corrected chi connectivity index (χ3v) is 2.42. The Morgan fingerprint density at radius 2 is 2.15 bits per heavy atom. The predicted molar refractivity (Wildman–Crippen MR) is 54.0 cm³/mol. The summed E-state index contributed by atoms with van der Waals surface area (Å²) >= 11 is 0. The molecule has 0 aliphatic carbocycles. The number of carbonyl (C=O) groups excluding carboxylic acids is 1. The molecule has 0 aliphatic heterocycles. The summed E-state index contributed by atoms with van der Waals surface area (Å²) in [7, 11) is 1.95. The molecule has 0 unspecified atom stereocenters. The van der Waals surface area contributed by atoms with E-state index < -0.39 is 0 Å². The summed E-state index contributed by atoms with van der Waals surface area (Å²) < 4.78 is 1.97. The van der Waals surface area contributed by atoms with E-state index in [0.717, 1.165) is 18.4 Å². The van der Waals surface area contributed by atoms with Crippen LogP contribution in [0.4, 0.5) is 0 Å². The van der Waals surface area contributed by atoms with Crippen LogP contribution in [-0.2, 0) is 13.5 Å². The van der Waals surface area contributed by atoms with E-state index in [1.54, 1.807) is 0 Å². The standard InChI is InChI=1S/C11H17NO/c1-3-4-5-6-10-7-8-11(9-13)12(10)2/h7-9H,3-6H2,1-2H3. The third kappa shape index (κ3) is 2.44. The lowest BCUT2D eigenvalue weighted by Gasteiger charge is -2.03. The molecule has 0 radical (unpaired) electrons. The Bertz CT molecular complexity index is 276. The van der Waals surface area contributed by atoms with Gasteiger partial charge in [0.15, 0.2) is 6.29 Å². The molecule has 72 valence electrons. The molecule has 1 heterocycles. The van der Waals surface area contributed by atoms with Crippen molar-refractivity contribution >= 4 is 6.29 Å². The smallest absolute Gasteiger partial charge is 0.166 e. The van der Waals surface area contributed by atoms with Crippen LogP contribution in [0, 0.1) is 0 Å². The van der Waals surface area contributed by atoms with Gasteiger partial charge in [0.05, 0.1) is 5.69 Å². The lowest BCUT2D eigenvalue weighted by molar-refractivity contribution is 0.111. The number of aldehydes is 1. The fourth-order valence-corrected chi connectivity index (χ4v) is 1.50. The van der Waals surface area contributed by atoms with E-state index in [-0.39, 0.29) is 0 Å². The maximum Gasteiger partial charge on any atom is 0.166 e. The van der Waals surface area contributed by atoms with E-state index in [1.165, 1.54) is 25.0 Å². The van der Waals surface area contributed by atoms with Crippen LogP contribution in [0.5, 0.6) is 0 Å². The number of nitrogens with zero attached hydrogens (tertiary/aromatic N) is 1. The molecular formula is C11H17NO. The molecule has 1 rings (SSSR count). The van der Waals surface area contributed by atoms with Gasteiger partial charge in [0, 0.05) is 12.7 Å². The van der Waals surface area contributed by atoms with Gasteiger partial charge in [-0.15, -0.1) is 0 Å². The van der Waals surface area contributed by atoms with Gasteiger partial charge in [0.25, 0.3) is 0 Å². The molecule has 0 fully saturated rings. The minimum Gasteiger partial charge on any atom is -0.346 e. The topological polar surface area (TPSA) is 22.0 Å². The van der Waals surface area contributed by atoms with Crippen LogP contribution in [0.25, 0.3) is 0 Å². The van der Waals surface area contributed by atoms with E-state index >= 15 is 0 Å². The lowest BCUT2D eigenvalue weighted by Crippen LogP contribution is -2.00. The predicted octanol–water partition coefficient (Wildman–Crippen LogP) is 2.57.